The molecule has 0 aliphatic carbocycles. The Morgan fingerprint density at radius 3 is 2.72 bits per heavy atom. The number of benzene rings is 1. The summed E-state index contributed by atoms with van der Waals surface area (Å²) in [6, 6.07) is 6.42. The SMILES string of the molecule is C=C(OCC)c1cnn(-c2cccc3c(Cl)nccc23)c1C(F)(F)F. The molecule has 3 aromatic rings. The van der Waals surface area contributed by atoms with Crippen LogP contribution in [0.4, 0.5) is 13.2 Å². The lowest BCUT2D eigenvalue weighted by molar-refractivity contribution is -0.143. The molecule has 0 bridgehead atoms. The number of nitrogens with zero attached hydrogens (tertiary/aromatic N) is 3. The summed E-state index contributed by atoms with van der Waals surface area (Å²) in [4.78, 5) is 3.95. The maximum absolute atomic E-state index is 13.7. The average Bonchev–Trinajstić information content (AvgIpc) is 3.00. The molecule has 0 saturated carbocycles. The van der Waals surface area contributed by atoms with E-state index in [4.69, 9.17) is 16.3 Å². The molecule has 25 heavy (non-hydrogen) atoms. The van der Waals surface area contributed by atoms with Crippen LogP contribution in [0.2, 0.25) is 5.15 Å². The molecule has 0 amide bonds. The summed E-state index contributed by atoms with van der Waals surface area (Å²) in [5.74, 6) is -0.0824. The number of hydrogen-bond acceptors (Lipinski definition) is 3. The van der Waals surface area contributed by atoms with Gasteiger partial charge in [-0.2, -0.15) is 18.3 Å². The fourth-order valence-electron chi connectivity index (χ4n) is 2.60. The maximum atomic E-state index is 13.7. The van der Waals surface area contributed by atoms with Gasteiger partial charge in [0.1, 0.15) is 10.9 Å². The van der Waals surface area contributed by atoms with Gasteiger partial charge in [0.05, 0.1) is 24.1 Å². The van der Waals surface area contributed by atoms with E-state index in [1.54, 1.807) is 25.1 Å². The second-order valence-electron chi connectivity index (χ2n) is 5.15. The third-order valence-corrected chi connectivity index (χ3v) is 3.92. The van der Waals surface area contributed by atoms with Crippen LogP contribution in [0.3, 0.4) is 0 Å². The zero-order valence-electron chi connectivity index (χ0n) is 13.1. The molecule has 0 N–H and O–H groups in total. The van der Waals surface area contributed by atoms with E-state index in [-0.39, 0.29) is 28.8 Å². The Kier molecular flexibility index (Phi) is 4.43. The van der Waals surface area contributed by atoms with Crippen molar-refractivity contribution in [2.45, 2.75) is 13.1 Å². The molecule has 2 heterocycles. The molecule has 0 radical (unpaired) electrons. The van der Waals surface area contributed by atoms with Gasteiger partial charge in [0.25, 0.3) is 0 Å². The Morgan fingerprint density at radius 2 is 2.04 bits per heavy atom. The van der Waals surface area contributed by atoms with E-state index in [2.05, 4.69) is 16.7 Å². The zero-order valence-corrected chi connectivity index (χ0v) is 13.9. The van der Waals surface area contributed by atoms with Crippen molar-refractivity contribution >= 4 is 28.1 Å². The lowest BCUT2D eigenvalue weighted by atomic mass is 10.1. The summed E-state index contributed by atoms with van der Waals surface area (Å²) in [6.45, 7) is 5.44. The first-order chi connectivity index (χ1) is 11.8. The number of aromatic nitrogens is 3. The predicted molar refractivity (Wildman–Crippen MR) is 89.5 cm³/mol. The van der Waals surface area contributed by atoms with Gasteiger partial charge in [0, 0.05) is 17.0 Å². The fourth-order valence-corrected chi connectivity index (χ4v) is 2.82. The summed E-state index contributed by atoms with van der Waals surface area (Å²) < 4.78 is 47.1. The summed E-state index contributed by atoms with van der Waals surface area (Å²) in [6.07, 6.45) is -2.11. The summed E-state index contributed by atoms with van der Waals surface area (Å²) in [5.41, 5.74) is -0.914. The van der Waals surface area contributed by atoms with Gasteiger partial charge >= 0.3 is 6.18 Å². The maximum Gasteiger partial charge on any atom is 0.434 e. The Hall–Kier alpha value is -2.54. The number of pyridine rings is 1. The molecule has 2 aromatic heterocycles. The highest BCUT2D eigenvalue weighted by atomic mass is 35.5. The van der Waals surface area contributed by atoms with Crippen LogP contribution in [-0.4, -0.2) is 21.4 Å². The minimum atomic E-state index is -4.65. The standard InChI is InChI=1S/C17H13ClF3N3O/c1-3-25-10(2)13-9-23-24(15(13)17(19,20)21)14-6-4-5-12-11(14)7-8-22-16(12)18/h4-9H,2-3H2,1H3. The zero-order chi connectivity index (χ0) is 18.2. The van der Waals surface area contributed by atoms with Gasteiger partial charge in [-0.1, -0.05) is 30.3 Å². The molecule has 0 aliphatic rings. The molecule has 0 saturated heterocycles. The Labute approximate surface area is 146 Å². The molecule has 4 nitrogen and oxygen atoms in total. The van der Waals surface area contributed by atoms with Crippen molar-refractivity contribution in [3.05, 3.63) is 59.6 Å². The number of halogens is 4. The van der Waals surface area contributed by atoms with Crippen LogP contribution in [0.25, 0.3) is 22.2 Å². The molecule has 3 rings (SSSR count). The Bertz CT molecular complexity index is 950. The van der Waals surface area contributed by atoms with Crippen molar-refractivity contribution in [1.82, 2.24) is 14.8 Å². The lowest BCUT2D eigenvalue weighted by Gasteiger charge is -2.15. The first-order valence-corrected chi connectivity index (χ1v) is 7.73. The number of ether oxygens (including phenoxy) is 1. The highest BCUT2D eigenvalue weighted by molar-refractivity contribution is 6.34. The Balaban J connectivity index is 2.29. The third kappa shape index (κ3) is 3.07. The predicted octanol–water partition coefficient (Wildman–Crippen LogP) is 5.10. The molecule has 1 aromatic carbocycles. The first-order valence-electron chi connectivity index (χ1n) is 7.35. The summed E-state index contributed by atoms with van der Waals surface area (Å²) >= 11 is 6.05. The van der Waals surface area contributed by atoms with Crippen LogP contribution < -0.4 is 0 Å². The van der Waals surface area contributed by atoms with Gasteiger partial charge in [0.2, 0.25) is 0 Å². The molecule has 0 atom stereocenters. The highest BCUT2D eigenvalue weighted by Crippen LogP contribution is 2.38. The number of rotatable bonds is 4. The smallest absolute Gasteiger partial charge is 0.434 e. The van der Waals surface area contributed by atoms with Gasteiger partial charge < -0.3 is 4.74 Å². The van der Waals surface area contributed by atoms with Gasteiger partial charge in [-0.15, -0.1) is 0 Å². The van der Waals surface area contributed by atoms with Crippen LogP contribution in [0, 0.1) is 0 Å². The van der Waals surface area contributed by atoms with Crippen molar-refractivity contribution in [2.75, 3.05) is 6.61 Å². The van der Waals surface area contributed by atoms with Crippen LogP contribution in [0.1, 0.15) is 18.2 Å². The quantitative estimate of drug-likeness (QED) is 0.476. The van der Waals surface area contributed by atoms with Gasteiger partial charge in [-0.3, -0.25) is 0 Å². The van der Waals surface area contributed by atoms with Crippen molar-refractivity contribution < 1.29 is 17.9 Å². The minimum Gasteiger partial charge on any atom is -0.494 e. The van der Waals surface area contributed by atoms with E-state index < -0.39 is 11.9 Å². The molecular weight excluding hydrogens is 355 g/mol. The molecular formula is C17H13ClF3N3O. The van der Waals surface area contributed by atoms with Gasteiger partial charge in [-0.05, 0) is 19.1 Å². The van der Waals surface area contributed by atoms with E-state index in [9.17, 15) is 13.2 Å². The molecule has 130 valence electrons. The number of fused-ring (bicyclic) bond motifs is 1. The second kappa shape index (κ2) is 6.40. The van der Waals surface area contributed by atoms with Crippen LogP contribution in [0.15, 0.2) is 43.2 Å². The molecule has 0 spiro atoms. The van der Waals surface area contributed by atoms with Crippen molar-refractivity contribution in [3.8, 4) is 5.69 Å². The van der Waals surface area contributed by atoms with E-state index >= 15 is 0 Å². The van der Waals surface area contributed by atoms with Crippen molar-refractivity contribution in [1.29, 1.82) is 0 Å². The van der Waals surface area contributed by atoms with Crippen molar-refractivity contribution in [3.63, 3.8) is 0 Å². The molecule has 0 unspecified atom stereocenters. The van der Waals surface area contributed by atoms with Gasteiger partial charge in [-0.25, -0.2) is 9.67 Å². The fraction of sp³-hybridized carbons (Fsp3) is 0.176. The second-order valence-corrected chi connectivity index (χ2v) is 5.50. The monoisotopic (exact) mass is 367 g/mol. The molecule has 0 aliphatic heterocycles. The largest absolute Gasteiger partial charge is 0.494 e. The van der Waals surface area contributed by atoms with E-state index in [1.165, 1.54) is 12.3 Å². The minimum absolute atomic E-state index is 0.0824. The Morgan fingerprint density at radius 1 is 1.28 bits per heavy atom. The number of alkyl halides is 3. The van der Waals surface area contributed by atoms with Crippen LogP contribution in [0.5, 0.6) is 0 Å². The summed E-state index contributed by atoms with van der Waals surface area (Å²) in [7, 11) is 0. The number of hydrogen-bond donors (Lipinski definition) is 0. The average molecular weight is 368 g/mol. The van der Waals surface area contributed by atoms with Crippen LogP contribution in [-0.2, 0) is 10.9 Å². The normalized spacial score (nSPS) is 11.7. The van der Waals surface area contributed by atoms with Gasteiger partial charge in [0.15, 0.2) is 5.69 Å². The van der Waals surface area contributed by atoms with Crippen molar-refractivity contribution in [2.24, 2.45) is 0 Å². The van der Waals surface area contributed by atoms with E-state index in [0.29, 0.717) is 10.8 Å². The lowest BCUT2D eigenvalue weighted by Crippen LogP contribution is -2.16. The van der Waals surface area contributed by atoms with E-state index in [1.807, 2.05) is 0 Å². The molecule has 8 heteroatoms. The molecule has 0 fully saturated rings. The third-order valence-electron chi connectivity index (χ3n) is 3.62. The first kappa shape index (κ1) is 17.3. The highest BCUT2D eigenvalue weighted by Gasteiger charge is 2.40. The van der Waals surface area contributed by atoms with E-state index in [0.717, 1.165) is 10.9 Å². The summed E-state index contributed by atoms with van der Waals surface area (Å²) in [5, 5.41) is 5.18. The topological polar surface area (TPSA) is 39.9 Å². The van der Waals surface area contributed by atoms with Crippen LogP contribution >= 0.6 is 11.6 Å².